The Morgan fingerprint density at radius 2 is 2.18 bits per heavy atom. The Balaban J connectivity index is 1.47. The van der Waals surface area contributed by atoms with E-state index in [0.29, 0.717) is 11.4 Å². The molecule has 0 amide bonds. The maximum Gasteiger partial charge on any atom is 0.311 e. The van der Waals surface area contributed by atoms with Crippen molar-refractivity contribution in [3.63, 3.8) is 0 Å². The SMILES string of the molecule is O=C(Cc1cncs1)OC1CCN(c2ccc(Cl)cn2)CC1. The van der Waals surface area contributed by atoms with Crippen molar-refractivity contribution in [3.05, 3.63) is 39.9 Å². The number of thiazole rings is 1. The van der Waals surface area contributed by atoms with Gasteiger partial charge in [-0.2, -0.15) is 0 Å². The predicted octanol–water partition coefficient (Wildman–Crippen LogP) is 2.95. The normalized spacial score (nSPS) is 15.8. The summed E-state index contributed by atoms with van der Waals surface area (Å²) in [6.45, 7) is 1.65. The molecule has 1 fully saturated rings. The van der Waals surface area contributed by atoms with Crippen LogP contribution in [-0.4, -0.2) is 35.1 Å². The summed E-state index contributed by atoms with van der Waals surface area (Å²) < 4.78 is 5.54. The van der Waals surface area contributed by atoms with Gasteiger partial charge in [0.05, 0.1) is 17.0 Å². The number of pyridine rings is 1. The Hall–Kier alpha value is -1.66. The highest BCUT2D eigenvalue weighted by molar-refractivity contribution is 7.09. The fraction of sp³-hybridized carbons (Fsp3) is 0.400. The van der Waals surface area contributed by atoms with Crippen LogP contribution in [0.4, 0.5) is 5.82 Å². The van der Waals surface area contributed by atoms with Gasteiger partial charge in [0.15, 0.2) is 0 Å². The van der Waals surface area contributed by atoms with Crippen molar-refractivity contribution >= 4 is 34.7 Å². The highest BCUT2D eigenvalue weighted by atomic mass is 35.5. The number of nitrogens with zero attached hydrogens (tertiary/aromatic N) is 3. The van der Waals surface area contributed by atoms with Gasteiger partial charge in [-0.25, -0.2) is 4.98 Å². The number of ether oxygens (including phenoxy) is 1. The van der Waals surface area contributed by atoms with Gasteiger partial charge in [-0.15, -0.1) is 11.3 Å². The summed E-state index contributed by atoms with van der Waals surface area (Å²) in [5, 5.41) is 0.635. The number of hydrogen-bond donors (Lipinski definition) is 0. The van der Waals surface area contributed by atoms with E-state index in [9.17, 15) is 4.79 Å². The number of hydrogen-bond acceptors (Lipinski definition) is 6. The average Bonchev–Trinajstić information content (AvgIpc) is 3.02. The summed E-state index contributed by atoms with van der Waals surface area (Å²) in [5.74, 6) is 0.742. The van der Waals surface area contributed by atoms with E-state index in [1.54, 1.807) is 17.9 Å². The van der Waals surface area contributed by atoms with Crippen LogP contribution in [0.25, 0.3) is 0 Å². The second-order valence-corrected chi connectivity index (χ2v) is 6.56. The van der Waals surface area contributed by atoms with Crippen LogP contribution in [0, 0.1) is 0 Å². The fourth-order valence-corrected chi connectivity index (χ4v) is 3.15. The number of carbonyl (C=O) groups is 1. The number of carbonyl (C=O) groups excluding carboxylic acids is 1. The van der Waals surface area contributed by atoms with Gasteiger partial charge >= 0.3 is 5.97 Å². The van der Waals surface area contributed by atoms with Gasteiger partial charge in [-0.3, -0.25) is 9.78 Å². The number of rotatable bonds is 4. The van der Waals surface area contributed by atoms with Crippen molar-refractivity contribution in [1.29, 1.82) is 0 Å². The molecule has 0 spiro atoms. The molecule has 0 unspecified atom stereocenters. The quantitative estimate of drug-likeness (QED) is 0.803. The smallest absolute Gasteiger partial charge is 0.311 e. The molecule has 3 rings (SSSR count). The lowest BCUT2D eigenvalue weighted by molar-refractivity contribution is -0.149. The van der Waals surface area contributed by atoms with E-state index in [2.05, 4.69) is 14.9 Å². The van der Waals surface area contributed by atoms with Crippen LogP contribution in [0.1, 0.15) is 17.7 Å². The maximum atomic E-state index is 11.9. The van der Waals surface area contributed by atoms with Crippen molar-refractivity contribution in [2.24, 2.45) is 0 Å². The van der Waals surface area contributed by atoms with E-state index in [1.807, 2.05) is 12.1 Å². The molecule has 1 aliphatic rings. The van der Waals surface area contributed by atoms with E-state index in [4.69, 9.17) is 16.3 Å². The molecule has 3 heterocycles. The minimum atomic E-state index is -0.174. The summed E-state index contributed by atoms with van der Waals surface area (Å²) in [4.78, 5) is 23.3. The highest BCUT2D eigenvalue weighted by Crippen LogP contribution is 2.21. The summed E-state index contributed by atoms with van der Waals surface area (Å²) in [6.07, 6.45) is 5.30. The van der Waals surface area contributed by atoms with Crippen molar-refractivity contribution in [2.45, 2.75) is 25.4 Å². The first kappa shape index (κ1) is 15.2. The lowest BCUT2D eigenvalue weighted by Gasteiger charge is -2.32. The van der Waals surface area contributed by atoms with Gasteiger partial charge < -0.3 is 9.64 Å². The van der Waals surface area contributed by atoms with E-state index in [-0.39, 0.29) is 12.1 Å². The number of piperidine rings is 1. The number of halogens is 1. The first-order valence-corrected chi connectivity index (χ1v) is 8.40. The highest BCUT2D eigenvalue weighted by Gasteiger charge is 2.23. The summed E-state index contributed by atoms with van der Waals surface area (Å²) >= 11 is 7.32. The van der Waals surface area contributed by atoms with Crippen LogP contribution >= 0.6 is 22.9 Å². The van der Waals surface area contributed by atoms with Gasteiger partial charge in [0.25, 0.3) is 0 Å². The fourth-order valence-electron chi connectivity index (χ4n) is 2.46. The summed E-state index contributed by atoms with van der Waals surface area (Å²) in [7, 11) is 0. The molecule has 0 bridgehead atoms. The van der Waals surface area contributed by atoms with E-state index in [1.165, 1.54) is 11.3 Å². The lowest BCUT2D eigenvalue weighted by atomic mass is 10.1. The zero-order chi connectivity index (χ0) is 15.4. The van der Waals surface area contributed by atoms with Gasteiger partial charge in [0.1, 0.15) is 11.9 Å². The van der Waals surface area contributed by atoms with Gasteiger partial charge in [-0.1, -0.05) is 11.6 Å². The monoisotopic (exact) mass is 337 g/mol. The molecular weight excluding hydrogens is 322 g/mol. The molecular formula is C15H16ClN3O2S. The minimum Gasteiger partial charge on any atom is -0.462 e. The average molecular weight is 338 g/mol. The molecule has 0 atom stereocenters. The second kappa shape index (κ2) is 7.07. The van der Waals surface area contributed by atoms with E-state index < -0.39 is 0 Å². The third-order valence-corrected chi connectivity index (χ3v) is 4.58. The Morgan fingerprint density at radius 3 is 2.82 bits per heavy atom. The molecule has 116 valence electrons. The topological polar surface area (TPSA) is 55.3 Å². The van der Waals surface area contributed by atoms with Crippen LogP contribution in [0.3, 0.4) is 0 Å². The van der Waals surface area contributed by atoms with Crippen molar-refractivity contribution in [1.82, 2.24) is 9.97 Å². The first-order valence-electron chi connectivity index (χ1n) is 7.14. The zero-order valence-corrected chi connectivity index (χ0v) is 13.5. The van der Waals surface area contributed by atoms with Crippen LogP contribution in [0.5, 0.6) is 0 Å². The Labute approximate surface area is 137 Å². The molecule has 0 radical (unpaired) electrons. The van der Waals surface area contributed by atoms with Crippen LogP contribution in [0.2, 0.25) is 5.02 Å². The largest absolute Gasteiger partial charge is 0.462 e. The van der Waals surface area contributed by atoms with Crippen LogP contribution in [-0.2, 0) is 16.0 Å². The van der Waals surface area contributed by atoms with Crippen LogP contribution in [0.15, 0.2) is 30.0 Å². The molecule has 0 N–H and O–H groups in total. The summed E-state index contributed by atoms with van der Waals surface area (Å²) in [5.41, 5.74) is 1.72. The molecule has 0 saturated carbocycles. The molecule has 22 heavy (non-hydrogen) atoms. The Bertz CT molecular complexity index is 610. The van der Waals surface area contributed by atoms with Crippen molar-refractivity contribution in [3.8, 4) is 0 Å². The zero-order valence-electron chi connectivity index (χ0n) is 11.9. The van der Waals surface area contributed by atoms with Gasteiger partial charge in [-0.05, 0) is 12.1 Å². The number of anilines is 1. The Kier molecular flexibility index (Phi) is 4.90. The standard InChI is InChI=1S/C15H16ClN3O2S/c16-11-1-2-14(18-8-11)19-5-3-12(4-6-19)21-15(20)7-13-9-17-10-22-13/h1-2,8-10,12H,3-7H2. The van der Waals surface area contributed by atoms with E-state index >= 15 is 0 Å². The van der Waals surface area contributed by atoms with Gasteiger partial charge in [0.2, 0.25) is 0 Å². The molecule has 7 heteroatoms. The minimum absolute atomic E-state index is 0.0102. The third-order valence-electron chi connectivity index (χ3n) is 3.58. The Morgan fingerprint density at radius 1 is 1.36 bits per heavy atom. The molecule has 2 aromatic heterocycles. The molecule has 2 aromatic rings. The molecule has 5 nitrogen and oxygen atoms in total. The molecule has 1 aliphatic heterocycles. The maximum absolute atomic E-state index is 11.9. The molecule has 1 saturated heterocycles. The molecule has 0 aliphatic carbocycles. The lowest BCUT2D eigenvalue weighted by Crippen LogP contribution is -2.38. The van der Waals surface area contributed by atoms with Crippen LogP contribution < -0.4 is 4.90 Å². The second-order valence-electron chi connectivity index (χ2n) is 5.16. The van der Waals surface area contributed by atoms with Gasteiger partial charge in [0, 0.05) is 43.2 Å². The predicted molar refractivity (Wildman–Crippen MR) is 86.4 cm³/mol. The first-order chi connectivity index (χ1) is 10.7. The number of aromatic nitrogens is 2. The molecule has 0 aromatic carbocycles. The van der Waals surface area contributed by atoms with Crippen molar-refractivity contribution in [2.75, 3.05) is 18.0 Å². The third kappa shape index (κ3) is 3.96. The number of esters is 1. The van der Waals surface area contributed by atoms with E-state index in [0.717, 1.165) is 36.6 Å². The van der Waals surface area contributed by atoms with Crippen molar-refractivity contribution < 1.29 is 9.53 Å². The summed E-state index contributed by atoms with van der Waals surface area (Å²) in [6, 6.07) is 3.75.